The molecule has 1 aliphatic heterocycles. The molecule has 15 heteroatoms. The summed E-state index contributed by atoms with van der Waals surface area (Å²) in [6.45, 7) is 23.4. The molecular formula is C40H84O8S7. The molecule has 334 valence electrons. The van der Waals surface area contributed by atoms with E-state index in [9.17, 15) is 4.79 Å². The summed E-state index contributed by atoms with van der Waals surface area (Å²) in [5.41, 5.74) is 0.546. The first-order valence-corrected chi connectivity index (χ1v) is 28.7. The predicted molar refractivity (Wildman–Crippen MR) is 253 cm³/mol. The Morgan fingerprint density at radius 3 is 1.45 bits per heavy atom. The normalized spacial score (nSPS) is 12.2. The summed E-state index contributed by atoms with van der Waals surface area (Å²) in [7, 11) is 7.36. The van der Waals surface area contributed by atoms with Crippen molar-refractivity contribution in [1.29, 1.82) is 0 Å². The number of epoxide rings is 1. The summed E-state index contributed by atoms with van der Waals surface area (Å²) in [5, 5.41) is 17.6. The van der Waals surface area contributed by atoms with Gasteiger partial charge < -0.3 is 24.4 Å². The highest BCUT2D eigenvalue weighted by Crippen LogP contribution is 2.22. The number of aliphatic hydroxyl groups excluding tert-OH is 2. The van der Waals surface area contributed by atoms with Crippen LogP contribution in [0.4, 0.5) is 4.79 Å². The molecule has 8 nitrogen and oxygen atoms in total. The minimum atomic E-state index is -0.675. The first kappa shape index (κ1) is 66.9. The van der Waals surface area contributed by atoms with Crippen molar-refractivity contribution < 1.29 is 38.8 Å². The smallest absolute Gasteiger partial charge is 0.434 e. The third-order valence-electron chi connectivity index (χ3n) is 7.34. The van der Waals surface area contributed by atoms with Gasteiger partial charge in [0.25, 0.3) is 0 Å². The second-order valence-corrected chi connectivity index (χ2v) is 22.4. The van der Waals surface area contributed by atoms with E-state index in [-0.39, 0.29) is 12.8 Å². The van der Waals surface area contributed by atoms with Gasteiger partial charge in [0.15, 0.2) is 0 Å². The van der Waals surface area contributed by atoms with Crippen LogP contribution in [0.15, 0.2) is 0 Å². The Balaban J connectivity index is -0.000000139. The van der Waals surface area contributed by atoms with E-state index >= 15 is 0 Å². The molecule has 0 spiro atoms. The fraction of sp³-hybridized carbons (Fsp3) is 0.950. The Hall–Kier alpha value is 0.0700. The molecule has 1 rings (SSSR count). The van der Waals surface area contributed by atoms with Crippen LogP contribution in [0.3, 0.4) is 0 Å². The van der Waals surface area contributed by atoms with Crippen LogP contribution in [0.2, 0.25) is 0 Å². The molecule has 0 amide bonds. The average molecular weight is 918 g/mol. The lowest BCUT2D eigenvalue weighted by Gasteiger charge is -2.17. The van der Waals surface area contributed by atoms with Crippen LogP contribution in [0.1, 0.15) is 204 Å². The highest BCUT2D eigenvalue weighted by molar-refractivity contribution is 8.68. The highest BCUT2D eigenvalue weighted by atomic mass is 33.4. The Bertz CT molecular complexity index is 946. The van der Waals surface area contributed by atoms with Crippen LogP contribution in [0, 0.1) is 5.41 Å². The van der Waals surface area contributed by atoms with Gasteiger partial charge in [-0.15, -0.1) is 0 Å². The van der Waals surface area contributed by atoms with E-state index in [0.717, 1.165) is 25.9 Å². The van der Waals surface area contributed by atoms with Crippen LogP contribution in [0.25, 0.3) is 0 Å². The summed E-state index contributed by atoms with van der Waals surface area (Å²) in [6, 6.07) is 0. The molecule has 1 aliphatic rings. The second-order valence-electron chi connectivity index (χ2n) is 13.6. The first-order valence-electron chi connectivity index (χ1n) is 20.7. The average Bonchev–Trinajstić information content (AvgIpc) is 4.02. The van der Waals surface area contributed by atoms with Crippen molar-refractivity contribution >= 4 is 79.1 Å². The topological polar surface area (TPSA) is 123 Å². The largest absolute Gasteiger partial charge is 0.508 e. The van der Waals surface area contributed by atoms with Gasteiger partial charge in [0.2, 0.25) is 0 Å². The molecule has 0 aromatic rings. The van der Waals surface area contributed by atoms with Crippen molar-refractivity contribution in [2.75, 3.05) is 26.4 Å². The number of aliphatic hydroxyl groups is 2. The number of carbonyl (C=O) groups is 1. The van der Waals surface area contributed by atoms with Gasteiger partial charge in [-0.3, -0.25) is 0 Å². The maximum absolute atomic E-state index is 11.0. The van der Waals surface area contributed by atoms with Crippen LogP contribution in [0.5, 0.6) is 0 Å². The van der Waals surface area contributed by atoms with Crippen LogP contribution in [-0.4, -0.2) is 61.2 Å². The molecule has 0 aliphatic carbocycles. The Morgan fingerprint density at radius 2 is 1.13 bits per heavy atom. The van der Waals surface area contributed by atoms with E-state index < -0.39 is 12.3 Å². The van der Waals surface area contributed by atoms with Gasteiger partial charge in [0.1, 0.15) is 6.61 Å². The van der Waals surface area contributed by atoms with E-state index in [1.807, 2.05) is 20.8 Å². The zero-order valence-electron chi connectivity index (χ0n) is 36.5. The summed E-state index contributed by atoms with van der Waals surface area (Å²) < 4.78 is 14.5. The van der Waals surface area contributed by atoms with Crippen molar-refractivity contribution in [1.82, 2.24) is 0 Å². The standard InChI is InChI=1S/C13H26O4.C12H26.C8H18O.C4H8O.C2H6.CO2.S7/c1-3-5-6-7-8-9-10-16-13(15)17-11-12(14)4-2;1-5-6-7-8-9-10-11-12(2,3)4;1-2-3-4-5-6-7-8-9;1-2-4-3-5-4;1-2;2-1-3;1-3-5-7-6-4-2/h12,14H,3-11H2,1-2H3;5-11H2,1-4H3;9H,2-8H2,1H3;4H,2-3H2,1H3;1-2H3;;. The van der Waals surface area contributed by atoms with E-state index in [0.29, 0.717) is 31.2 Å². The van der Waals surface area contributed by atoms with Gasteiger partial charge in [-0.2, -0.15) is 9.59 Å². The van der Waals surface area contributed by atoms with Crippen LogP contribution >= 0.6 is 0 Å². The minimum Gasteiger partial charge on any atom is -0.434 e. The number of rotatable bonds is 23. The van der Waals surface area contributed by atoms with Crippen LogP contribution in [-0.2, 0) is 90.6 Å². The SMILES string of the molecule is CC.CCC1CO1.CCCCCCCCC(C)(C)C.CCCCCCCCO.CCCCCCCCOC(=O)OCC(O)CC.O=C=O.S=S=S=S=S=S=S. The number of hydrogen-bond acceptors (Lipinski definition) is 10. The van der Waals surface area contributed by atoms with Crippen molar-refractivity contribution in [2.45, 2.75) is 216 Å². The molecule has 1 saturated heterocycles. The molecule has 1 heterocycles. The predicted octanol–water partition coefficient (Wildman–Crippen LogP) is 11.6. The van der Waals surface area contributed by atoms with E-state index in [2.05, 4.69) is 70.8 Å². The molecule has 0 aromatic heterocycles. The maximum Gasteiger partial charge on any atom is 0.508 e. The maximum atomic E-state index is 11.0. The molecule has 0 radical (unpaired) electrons. The zero-order valence-corrected chi connectivity index (χ0v) is 42.2. The first-order chi connectivity index (χ1) is 26.4. The van der Waals surface area contributed by atoms with Crippen molar-refractivity contribution in [3.8, 4) is 0 Å². The van der Waals surface area contributed by atoms with Gasteiger partial charge in [-0.25, -0.2) is 4.79 Å². The van der Waals surface area contributed by atoms with Gasteiger partial charge in [-0.1, -0.05) is 172 Å². The summed E-state index contributed by atoms with van der Waals surface area (Å²) in [4.78, 5) is 27.3. The van der Waals surface area contributed by atoms with E-state index in [1.165, 1.54) is 127 Å². The van der Waals surface area contributed by atoms with Crippen molar-refractivity contribution in [2.24, 2.45) is 5.41 Å². The second kappa shape index (κ2) is 63.2. The van der Waals surface area contributed by atoms with Crippen molar-refractivity contribution in [3.63, 3.8) is 0 Å². The lowest BCUT2D eigenvalue weighted by molar-refractivity contribution is -0.191. The van der Waals surface area contributed by atoms with Gasteiger partial charge in [0.05, 0.1) is 25.4 Å². The number of ether oxygens (including phenoxy) is 3. The van der Waals surface area contributed by atoms with Crippen molar-refractivity contribution in [3.05, 3.63) is 0 Å². The number of hydrogen-bond donors (Lipinski definition) is 2. The minimum absolute atomic E-state index is 0.0197. The number of unbranched alkanes of at least 4 members (excludes halogenated alkanes) is 15. The third-order valence-corrected chi connectivity index (χ3v) is 16.2. The third kappa shape index (κ3) is 91.3. The lowest BCUT2D eigenvalue weighted by Crippen LogP contribution is -2.18. The molecule has 0 bridgehead atoms. The van der Waals surface area contributed by atoms with Gasteiger partial charge in [-0.05, 0) is 37.5 Å². The summed E-state index contributed by atoms with van der Waals surface area (Å²) in [5.74, 6) is 0. The molecule has 2 unspecified atom stereocenters. The zero-order chi connectivity index (χ0) is 43.3. The monoisotopic (exact) mass is 916 g/mol. The molecule has 55 heavy (non-hydrogen) atoms. The van der Waals surface area contributed by atoms with Gasteiger partial charge in [0, 0.05) is 73.4 Å². The highest BCUT2D eigenvalue weighted by Gasteiger charge is 2.18. The molecule has 0 aromatic carbocycles. The van der Waals surface area contributed by atoms with E-state index in [4.69, 9.17) is 34.0 Å². The summed E-state index contributed by atoms with van der Waals surface area (Å²) in [6.07, 6.45) is 25.8. The van der Waals surface area contributed by atoms with Gasteiger partial charge >= 0.3 is 12.3 Å². The van der Waals surface area contributed by atoms with Crippen LogP contribution < -0.4 is 0 Å². The molecular weight excluding hydrogens is 833 g/mol. The Kier molecular flexibility index (Phi) is 76.9. The molecule has 2 atom stereocenters. The Morgan fingerprint density at radius 1 is 0.727 bits per heavy atom. The van der Waals surface area contributed by atoms with E-state index in [1.54, 1.807) is 26.6 Å². The lowest BCUT2D eigenvalue weighted by atomic mass is 9.89. The Labute approximate surface area is 363 Å². The fourth-order valence-corrected chi connectivity index (χ4v) is 12.3. The molecule has 2 N–H and O–H groups in total. The molecule has 0 saturated carbocycles. The summed E-state index contributed by atoms with van der Waals surface area (Å²) >= 11 is 9.14. The quantitative estimate of drug-likeness (QED) is 0.0582. The number of carbonyl (C=O) groups excluding carboxylic acids is 3. The fourth-order valence-electron chi connectivity index (χ4n) is 4.03. The molecule has 1 fully saturated rings.